The summed E-state index contributed by atoms with van der Waals surface area (Å²) in [5.74, 6) is 0.286. The van der Waals surface area contributed by atoms with E-state index < -0.39 is 6.61 Å². The van der Waals surface area contributed by atoms with Gasteiger partial charge in [0.15, 0.2) is 11.5 Å². The lowest BCUT2D eigenvalue weighted by Gasteiger charge is -2.12. The van der Waals surface area contributed by atoms with Gasteiger partial charge in [-0.05, 0) is 42.0 Å². The van der Waals surface area contributed by atoms with Crippen LogP contribution in [0.2, 0.25) is 5.02 Å². The fourth-order valence-corrected chi connectivity index (χ4v) is 1.92. The molecule has 0 aromatic heterocycles. The zero-order valence-electron chi connectivity index (χ0n) is 11.3. The van der Waals surface area contributed by atoms with Crippen molar-refractivity contribution in [3.63, 3.8) is 0 Å². The Hall–Kier alpha value is -2.01. The van der Waals surface area contributed by atoms with Crippen LogP contribution in [0.15, 0.2) is 42.5 Å². The van der Waals surface area contributed by atoms with Crippen molar-refractivity contribution in [1.82, 2.24) is 0 Å². The first-order valence-electron chi connectivity index (χ1n) is 6.19. The summed E-state index contributed by atoms with van der Waals surface area (Å²) in [5.41, 5.74) is 1.67. The zero-order valence-corrected chi connectivity index (χ0v) is 12.0. The number of nitrogens with one attached hydrogen (secondary N) is 1. The van der Waals surface area contributed by atoms with Gasteiger partial charge in [0.2, 0.25) is 0 Å². The summed E-state index contributed by atoms with van der Waals surface area (Å²) in [5, 5.41) is 3.81. The maximum Gasteiger partial charge on any atom is 0.387 e. The molecule has 2 aromatic rings. The second-order valence-electron chi connectivity index (χ2n) is 4.22. The number of ether oxygens (including phenoxy) is 2. The van der Waals surface area contributed by atoms with Crippen LogP contribution in [0.3, 0.4) is 0 Å². The molecule has 0 atom stereocenters. The first kappa shape index (κ1) is 15.4. The van der Waals surface area contributed by atoms with E-state index in [4.69, 9.17) is 16.3 Å². The summed E-state index contributed by atoms with van der Waals surface area (Å²) < 4.78 is 34.1. The van der Waals surface area contributed by atoms with Gasteiger partial charge in [-0.2, -0.15) is 8.78 Å². The van der Waals surface area contributed by atoms with E-state index in [2.05, 4.69) is 10.1 Å². The van der Waals surface area contributed by atoms with Crippen molar-refractivity contribution in [2.24, 2.45) is 0 Å². The number of anilines is 1. The Kier molecular flexibility index (Phi) is 5.22. The number of hydrogen-bond acceptors (Lipinski definition) is 3. The molecule has 0 saturated heterocycles. The number of benzene rings is 2. The van der Waals surface area contributed by atoms with Gasteiger partial charge in [-0.3, -0.25) is 0 Å². The summed E-state index contributed by atoms with van der Waals surface area (Å²) in [7, 11) is 1.40. The molecule has 2 rings (SSSR count). The Balaban J connectivity index is 2.07. The Labute approximate surface area is 126 Å². The van der Waals surface area contributed by atoms with E-state index in [0.717, 1.165) is 11.3 Å². The Bertz CT molecular complexity index is 591. The molecule has 0 radical (unpaired) electrons. The van der Waals surface area contributed by atoms with Gasteiger partial charge in [-0.25, -0.2) is 0 Å². The number of hydrogen-bond donors (Lipinski definition) is 1. The fraction of sp³-hybridized carbons (Fsp3) is 0.200. The summed E-state index contributed by atoms with van der Waals surface area (Å²) in [6.45, 7) is -2.43. The lowest BCUT2D eigenvalue weighted by Crippen LogP contribution is -2.05. The lowest BCUT2D eigenvalue weighted by atomic mass is 10.2. The minimum absolute atomic E-state index is 0.0166. The molecule has 0 aliphatic carbocycles. The van der Waals surface area contributed by atoms with Gasteiger partial charge in [0.1, 0.15) is 0 Å². The molecule has 6 heteroatoms. The minimum atomic E-state index is -2.89. The average molecular weight is 314 g/mol. The van der Waals surface area contributed by atoms with Crippen molar-refractivity contribution in [2.75, 3.05) is 12.4 Å². The highest BCUT2D eigenvalue weighted by molar-refractivity contribution is 6.30. The van der Waals surface area contributed by atoms with Crippen molar-refractivity contribution < 1.29 is 18.3 Å². The largest absolute Gasteiger partial charge is 0.493 e. The number of rotatable bonds is 6. The van der Waals surface area contributed by atoms with Crippen LogP contribution in [0.1, 0.15) is 5.56 Å². The molecule has 112 valence electrons. The molecule has 0 heterocycles. The molecule has 0 aliphatic heterocycles. The van der Waals surface area contributed by atoms with E-state index in [9.17, 15) is 8.78 Å². The Morgan fingerprint density at radius 3 is 2.43 bits per heavy atom. The van der Waals surface area contributed by atoms with Crippen LogP contribution >= 0.6 is 11.6 Å². The van der Waals surface area contributed by atoms with Crippen LogP contribution in [0.4, 0.5) is 14.5 Å². The molecule has 1 N–H and O–H groups in total. The van der Waals surface area contributed by atoms with Crippen molar-refractivity contribution in [3.8, 4) is 11.5 Å². The van der Waals surface area contributed by atoms with Crippen LogP contribution in [0.5, 0.6) is 11.5 Å². The molecular formula is C15H14ClF2NO2. The van der Waals surface area contributed by atoms with Gasteiger partial charge < -0.3 is 14.8 Å². The van der Waals surface area contributed by atoms with Crippen LogP contribution in [-0.4, -0.2) is 13.7 Å². The van der Waals surface area contributed by atoms with Crippen LogP contribution in [-0.2, 0) is 6.54 Å². The molecule has 0 saturated carbocycles. The van der Waals surface area contributed by atoms with E-state index in [1.807, 2.05) is 12.1 Å². The standard InChI is InChI=1S/C15H14ClF2NO2/c1-20-13-7-2-10(8-14(13)21-15(17)18)9-19-12-5-3-11(16)4-6-12/h2-8,15,19H,9H2,1H3. The van der Waals surface area contributed by atoms with E-state index in [1.165, 1.54) is 13.2 Å². The van der Waals surface area contributed by atoms with Crippen molar-refractivity contribution in [1.29, 1.82) is 0 Å². The van der Waals surface area contributed by atoms with Crippen LogP contribution in [0.25, 0.3) is 0 Å². The molecule has 21 heavy (non-hydrogen) atoms. The lowest BCUT2D eigenvalue weighted by molar-refractivity contribution is -0.0512. The van der Waals surface area contributed by atoms with Gasteiger partial charge in [0, 0.05) is 17.3 Å². The minimum Gasteiger partial charge on any atom is -0.493 e. The van der Waals surface area contributed by atoms with Gasteiger partial charge in [0.25, 0.3) is 0 Å². The SMILES string of the molecule is COc1ccc(CNc2ccc(Cl)cc2)cc1OC(F)F. The van der Waals surface area contributed by atoms with Crippen LogP contribution < -0.4 is 14.8 Å². The number of alkyl halides is 2. The zero-order chi connectivity index (χ0) is 15.2. The van der Waals surface area contributed by atoms with Gasteiger partial charge in [-0.1, -0.05) is 17.7 Å². The second-order valence-corrected chi connectivity index (χ2v) is 4.66. The van der Waals surface area contributed by atoms with Crippen molar-refractivity contribution in [2.45, 2.75) is 13.2 Å². The Morgan fingerprint density at radius 2 is 1.81 bits per heavy atom. The molecule has 0 spiro atoms. The third-order valence-electron chi connectivity index (χ3n) is 2.78. The second kappa shape index (κ2) is 7.13. The summed E-state index contributed by atoms with van der Waals surface area (Å²) in [6.07, 6.45) is 0. The van der Waals surface area contributed by atoms with Gasteiger partial charge in [0.05, 0.1) is 7.11 Å². The molecule has 0 bridgehead atoms. The molecular weight excluding hydrogens is 300 g/mol. The first-order valence-corrected chi connectivity index (χ1v) is 6.57. The molecule has 2 aromatic carbocycles. The van der Waals surface area contributed by atoms with Crippen LogP contribution in [0, 0.1) is 0 Å². The predicted octanol–water partition coefficient (Wildman–Crippen LogP) is 4.56. The highest BCUT2D eigenvalue weighted by Gasteiger charge is 2.11. The van der Waals surface area contributed by atoms with Gasteiger partial charge >= 0.3 is 6.61 Å². The third kappa shape index (κ3) is 4.49. The van der Waals surface area contributed by atoms with E-state index in [0.29, 0.717) is 11.6 Å². The fourth-order valence-electron chi connectivity index (χ4n) is 1.79. The summed E-state index contributed by atoms with van der Waals surface area (Å²) in [4.78, 5) is 0. The van der Waals surface area contributed by atoms with E-state index in [-0.39, 0.29) is 11.5 Å². The van der Waals surface area contributed by atoms with Gasteiger partial charge in [-0.15, -0.1) is 0 Å². The topological polar surface area (TPSA) is 30.5 Å². The maximum absolute atomic E-state index is 12.4. The molecule has 0 unspecified atom stereocenters. The molecule has 0 fully saturated rings. The van der Waals surface area contributed by atoms with E-state index in [1.54, 1.807) is 24.3 Å². The summed E-state index contributed by atoms with van der Waals surface area (Å²) in [6, 6.07) is 12.1. The smallest absolute Gasteiger partial charge is 0.387 e. The normalized spacial score (nSPS) is 10.5. The monoisotopic (exact) mass is 313 g/mol. The number of halogens is 3. The van der Waals surface area contributed by atoms with E-state index >= 15 is 0 Å². The highest BCUT2D eigenvalue weighted by atomic mass is 35.5. The highest BCUT2D eigenvalue weighted by Crippen LogP contribution is 2.29. The molecule has 3 nitrogen and oxygen atoms in total. The quantitative estimate of drug-likeness (QED) is 0.848. The van der Waals surface area contributed by atoms with Crippen molar-refractivity contribution in [3.05, 3.63) is 53.1 Å². The molecule has 0 amide bonds. The first-order chi connectivity index (χ1) is 10.1. The Morgan fingerprint density at radius 1 is 1.10 bits per heavy atom. The average Bonchev–Trinajstić information content (AvgIpc) is 2.46. The third-order valence-corrected chi connectivity index (χ3v) is 3.04. The van der Waals surface area contributed by atoms with Crippen molar-refractivity contribution >= 4 is 17.3 Å². The molecule has 0 aliphatic rings. The number of methoxy groups -OCH3 is 1. The maximum atomic E-state index is 12.4. The predicted molar refractivity (Wildman–Crippen MR) is 78.4 cm³/mol. The summed E-state index contributed by atoms with van der Waals surface area (Å²) >= 11 is 5.80.